The van der Waals surface area contributed by atoms with Gasteiger partial charge >= 0.3 is 16.4 Å². The summed E-state index contributed by atoms with van der Waals surface area (Å²) in [6.07, 6.45) is -1.33. The largest absolute Gasteiger partial charge is 0.429 e. The Kier molecular flexibility index (Phi) is 6.06. The molecule has 2 aromatic carbocycles. The molecular formula is C13H7Cl4NO5S. The normalized spacial score (nSPS) is 11.0. The Labute approximate surface area is 157 Å². The first-order chi connectivity index (χ1) is 11.2. The molecule has 0 radical (unpaired) electrons. The number of rotatable bonds is 4. The van der Waals surface area contributed by atoms with Crippen molar-refractivity contribution in [3.8, 4) is 11.5 Å². The minimum absolute atomic E-state index is 0.0247. The molecule has 0 aliphatic heterocycles. The van der Waals surface area contributed by atoms with Crippen LogP contribution < -0.4 is 13.6 Å². The topological polar surface area (TPSA) is 81.7 Å². The fraction of sp³-hybridized carbons (Fsp3) is 0. The molecular weight excluding hydrogens is 424 g/mol. The van der Waals surface area contributed by atoms with E-state index < -0.39 is 16.4 Å². The molecule has 1 N–H and O–H groups in total. The average Bonchev–Trinajstić information content (AvgIpc) is 2.44. The summed E-state index contributed by atoms with van der Waals surface area (Å²) >= 11 is 23.0. The number of carbonyl (C=O) groups excluding carboxylic acids is 1. The van der Waals surface area contributed by atoms with Gasteiger partial charge in [-0.15, -0.1) is 0 Å². The highest BCUT2D eigenvalue weighted by molar-refractivity contribution is 7.85. The van der Waals surface area contributed by atoms with Gasteiger partial charge in [0.05, 0.1) is 10.0 Å². The predicted molar refractivity (Wildman–Crippen MR) is 91.6 cm³/mol. The van der Waals surface area contributed by atoms with E-state index in [1.54, 1.807) is 4.72 Å². The van der Waals surface area contributed by atoms with Crippen LogP contribution in [0.25, 0.3) is 0 Å². The molecule has 0 spiro atoms. The zero-order valence-corrected chi connectivity index (χ0v) is 15.3. The van der Waals surface area contributed by atoms with Gasteiger partial charge in [0.15, 0.2) is 11.5 Å². The van der Waals surface area contributed by atoms with Gasteiger partial charge in [-0.25, -0.2) is 4.79 Å². The van der Waals surface area contributed by atoms with E-state index in [1.165, 1.54) is 36.4 Å². The van der Waals surface area contributed by atoms with Crippen molar-refractivity contribution in [3.63, 3.8) is 0 Å². The van der Waals surface area contributed by atoms with E-state index in [9.17, 15) is 13.2 Å². The van der Waals surface area contributed by atoms with Crippen LogP contribution >= 0.6 is 46.4 Å². The zero-order valence-electron chi connectivity index (χ0n) is 11.4. The average molecular weight is 431 g/mol. The maximum atomic E-state index is 11.8. The molecule has 2 rings (SSSR count). The highest BCUT2D eigenvalue weighted by Gasteiger charge is 2.20. The lowest BCUT2D eigenvalue weighted by Crippen LogP contribution is -2.36. The van der Waals surface area contributed by atoms with Crippen LogP contribution in [0.4, 0.5) is 4.79 Å². The smallest absolute Gasteiger partial charge is 0.408 e. The number of halogens is 4. The van der Waals surface area contributed by atoms with E-state index >= 15 is 0 Å². The van der Waals surface area contributed by atoms with Crippen molar-refractivity contribution in [2.24, 2.45) is 0 Å². The fourth-order valence-corrected chi connectivity index (χ4v) is 3.07. The summed E-state index contributed by atoms with van der Waals surface area (Å²) in [6.45, 7) is 0. The van der Waals surface area contributed by atoms with Crippen LogP contribution in [0.1, 0.15) is 0 Å². The van der Waals surface area contributed by atoms with Crippen LogP contribution in [-0.2, 0) is 10.3 Å². The van der Waals surface area contributed by atoms with Crippen LogP contribution in [-0.4, -0.2) is 14.5 Å². The molecule has 0 aromatic heterocycles. The van der Waals surface area contributed by atoms with Gasteiger partial charge < -0.3 is 8.92 Å². The van der Waals surface area contributed by atoms with E-state index in [2.05, 4.69) is 4.18 Å². The van der Waals surface area contributed by atoms with E-state index in [0.717, 1.165) is 0 Å². The second kappa shape index (κ2) is 7.67. The van der Waals surface area contributed by atoms with Crippen LogP contribution in [0, 0.1) is 0 Å². The van der Waals surface area contributed by atoms with Crippen LogP contribution in [0.15, 0.2) is 36.4 Å². The van der Waals surface area contributed by atoms with Gasteiger partial charge in [-0.3, -0.25) is 0 Å². The van der Waals surface area contributed by atoms with Gasteiger partial charge in [-0.05, 0) is 36.4 Å². The monoisotopic (exact) mass is 429 g/mol. The highest BCUT2D eigenvalue weighted by Crippen LogP contribution is 2.29. The summed E-state index contributed by atoms with van der Waals surface area (Å²) in [4.78, 5) is 11.7. The summed E-state index contributed by atoms with van der Waals surface area (Å²) in [7, 11) is -4.53. The van der Waals surface area contributed by atoms with Crippen molar-refractivity contribution >= 4 is 62.8 Å². The van der Waals surface area contributed by atoms with E-state index in [4.69, 9.17) is 51.1 Å². The second-order valence-corrected chi connectivity index (χ2v) is 7.14. The standard InChI is InChI=1S/C13H7Cl4NO5S/c14-7-1-3-11(9(16)5-7)22-13(19)18-24(20,21)23-12-4-2-8(15)6-10(12)17/h1-6H,(H,18,19). The van der Waals surface area contributed by atoms with Gasteiger partial charge in [-0.2, -0.15) is 13.1 Å². The molecule has 11 heteroatoms. The van der Waals surface area contributed by atoms with Crippen LogP contribution in [0.3, 0.4) is 0 Å². The quantitative estimate of drug-likeness (QED) is 0.759. The molecule has 0 aliphatic rings. The number of hydrogen-bond donors (Lipinski definition) is 1. The Bertz CT molecular complexity index is 888. The molecule has 24 heavy (non-hydrogen) atoms. The first-order valence-corrected chi connectivity index (χ1v) is 8.92. The predicted octanol–water partition coefficient (Wildman–Crippen LogP) is 4.71. The molecule has 6 nitrogen and oxygen atoms in total. The number of amides is 1. The van der Waals surface area contributed by atoms with Gasteiger partial charge in [0.1, 0.15) is 0 Å². The van der Waals surface area contributed by atoms with Crippen LogP contribution in [0.2, 0.25) is 20.1 Å². The van der Waals surface area contributed by atoms with Gasteiger partial charge in [0, 0.05) is 10.0 Å². The zero-order chi connectivity index (χ0) is 17.9. The number of ether oxygens (including phenoxy) is 1. The molecule has 0 saturated carbocycles. The molecule has 0 aliphatic carbocycles. The number of benzene rings is 2. The first kappa shape index (κ1) is 19.0. The van der Waals surface area contributed by atoms with Gasteiger partial charge in [0.25, 0.3) is 0 Å². The first-order valence-electron chi connectivity index (χ1n) is 6.00. The number of nitrogens with one attached hydrogen (secondary N) is 1. The third-order valence-corrected chi connectivity index (χ3v) is 4.27. The molecule has 0 fully saturated rings. The van der Waals surface area contributed by atoms with Crippen molar-refractivity contribution in [2.75, 3.05) is 0 Å². The van der Waals surface area contributed by atoms with E-state index in [-0.39, 0.29) is 26.6 Å². The van der Waals surface area contributed by atoms with Crippen molar-refractivity contribution < 1.29 is 22.1 Å². The van der Waals surface area contributed by atoms with E-state index in [0.29, 0.717) is 5.02 Å². The Balaban J connectivity index is 2.06. The van der Waals surface area contributed by atoms with Crippen molar-refractivity contribution in [2.45, 2.75) is 0 Å². The van der Waals surface area contributed by atoms with Gasteiger partial charge in [-0.1, -0.05) is 46.4 Å². The molecule has 0 saturated heterocycles. The summed E-state index contributed by atoms with van der Waals surface area (Å²) in [6, 6.07) is 7.90. The minimum atomic E-state index is -4.53. The molecule has 0 heterocycles. The third-order valence-electron chi connectivity index (χ3n) is 2.40. The van der Waals surface area contributed by atoms with E-state index in [1.807, 2.05) is 0 Å². The lowest BCUT2D eigenvalue weighted by atomic mass is 10.3. The lowest BCUT2D eigenvalue weighted by Gasteiger charge is -2.10. The summed E-state index contributed by atoms with van der Waals surface area (Å²) in [5, 5.41) is 0.578. The fourth-order valence-electron chi connectivity index (χ4n) is 1.46. The Morgan fingerprint density at radius 3 is 1.88 bits per heavy atom. The second-order valence-electron chi connectivity index (χ2n) is 4.18. The highest BCUT2D eigenvalue weighted by atomic mass is 35.5. The number of hydrogen-bond acceptors (Lipinski definition) is 5. The Hall–Kier alpha value is -1.38. The number of carbonyl (C=O) groups is 1. The third kappa shape index (κ3) is 5.32. The molecule has 0 bridgehead atoms. The molecule has 2 aromatic rings. The Morgan fingerprint density at radius 2 is 1.38 bits per heavy atom. The summed E-state index contributed by atoms with van der Waals surface area (Å²) in [5.74, 6) is -0.302. The lowest BCUT2D eigenvalue weighted by molar-refractivity contribution is 0.206. The maximum Gasteiger partial charge on any atom is 0.429 e. The van der Waals surface area contributed by atoms with Crippen molar-refractivity contribution in [3.05, 3.63) is 56.5 Å². The van der Waals surface area contributed by atoms with Gasteiger partial charge in [0.2, 0.25) is 0 Å². The molecule has 0 atom stereocenters. The summed E-state index contributed by atoms with van der Waals surface area (Å²) in [5.41, 5.74) is 0. The van der Waals surface area contributed by atoms with Crippen LogP contribution in [0.5, 0.6) is 11.5 Å². The molecule has 128 valence electrons. The summed E-state index contributed by atoms with van der Waals surface area (Å²) < 4.78 is 34.6. The van der Waals surface area contributed by atoms with Crippen molar-refractivity contribution in [1.29, 1.82) is 0 Å². The Morgan fingerprint density at radius 1 is 0.875 bits per heavy atom. The molecule has 1 amide bonds. The molecule has 0 unspecified atom stereocenters. The van der Waals surface area contributed by atoms with Crippen molar-refractivity contribution in [1.82, 2.24) is 4.72 Å². The maximum absolute atomic E-state index is 11.8. The minimum Gasteiger partial charge on any atom is -0.408 e. The SMILES string of the molecule is O=C(NS(=O)(=O)Oc1ccc(Cl)cc1Cl)Oc1ccc(Cl)cc1Cl.